The van der Waals surface area contributed by atoms with E-state index in [0.717, 1.165) is 6.42 Å². The fourth-order valence-electron chi connectivity index (χ4n) is 0.642. The van der Waals surface area contributed by atoms with Crippen LogP contribution in [0.4, 0.5) is 0 Å². The molecule has 0 aromatic heterocycles. The van der Waals surface area contributed by atoms with Gasteiger partial charge in [0.15, 0.2) is 0 Å². The molecule has 12 heavy (non-hydrogen) atoms. The molecule has 0 aromatic rings. The van der Waals surface area contributed by atoms with E-state index < -0.39 is 0 Å². The Morgan fingerprint density at radius 2 is 1.75 bits per heavy atom. The van der Waals surface area contributed by atoms with Crippen LogP contribution in [0, 0.1) is 17.8 Å². The van der Waals surface area contributed by atoms with Crippen molar-refractivity contribution in [1.82, 2.24) is 0 Å². The van der Waals surface area contributed by atoms with Crippen LogP contribution in [-0.4, -0.2) is 5.78 Å². The third-order valence-corrected chi connectivity index (χ3v) is 1.48. The van der Waals surface area contributed by atoms with Gasteiger partial charge >= 0.3 is 0 Å². The van der Waals surface area contributed by atoms with Gasteiger partial charge in [-0.3, -0.25) is 0 Å². The summed E-state index contributed by atoms with van der Waals surface area (Å²) in [7, 11) is 0. The zero-order valence-electron chi connectivity index (χ0n) is 8.85. The molecule has 0 amide bonds. The summed E-state index contributed by atoms with van der Waals surface area (Å²) in [6.45, 7) is 10.3. The second-order valence-electron chi connectivity index (χ2n) is 4.53. The number of ketones is 1. The number of hydrogen-bond donors (Lipinski definition) is 0. The zero-order chi connectivity index (χ0) is 9.07. The fraction of sp³-hybridized carbons (Fsp3) is 0.800. The molecule has 0 N–H and O–H groups in total. The Labute approximate surface area is 95.1 Å². The van der Waals surface area contributed by atoms with E-state index in [1.165, 1.54) is 0 Å². The maximum atomic E-state index is 11.1. The summed E-state index contributed by atoms with van der Waals surface area (Å²) in [6, 6.07) is 0. The van der Waals surface area contributed by atoms with Crippen molar-refractivity contribution < 1.29 is 30.6 Å². The van der Waals surface area contributed by atoms with Gasteiger partial charge in [0, 0.05) is 31.6 Å². The maximum Gasteiger partial charge on any atom is 0.00140 e. The first-order chi connectivity index (χ1) is 4.83. The van der Waals surface area contributed by atoms with Crippen LogP contribution >= 0.6 is 0 Å². The van der Waals surface area contributed by atoms with Gasteiger partial charge in [0.25, 0.3) is 0 Å². The Hall–Kier alpha value is 0.410. The first-order valence-corrected chi connectivity index (χ1v) is 4.20. The Bertz CT molecular complexity index is 133. The predicted molar refractivity (Wildman–Crippen MR) is 48.2 cm³/mol. The Morgan fingerprint density at radius 1 is 1.33 bits per heavy atom. The number of hydrogen-bond acceptors (Lipinski definition) is 1. The molecule has 0 rings (SSSR count). The van der Waals surface area contributed by atoms with Crippen molar-refractivity contribution >= 4 is 5.78 Å². The molecule has 0 saturated carbocycles. The van der Waals surface area contributed by atoms with E-state index in [-0.39, 0.29) is 43.0 Å². The van der Waals surface area contributed by atoms with Gasteiger partial charge in [-0.2, -0.15) is 6.42 Å². The second-order valence-corrected chi connectivity index (χ2v) is 4.53. The minimum atomic E-state index is 0. The first-order valence-electron chi connectivity index (χ1n) is 4.20. The van der Waals surface area contributed by atoms with Crippen LogP contribution in [0.15, 0.2) is 0 Å². The summed E-state index contributed by atoms with van der Waals surface area (Å²) >= 11 is 0. The molecule has 2 heteroatoms. The Kier molecular flexibility index (Phi) is 7.40. The third-order valence-electron chi connectivity index (χ3n) is 1.48. The maximum absolute atomic E-state index is 11.1. The fourth-order valence-corrected chi connectivity index (χ4v) is 0.642. The number of Topliss-reactive ketones (excluding diaryl/α,β-unsaturated/α-hetero) is 1. The monoisotopic (exact) mass is 200 g/mol. The number of carbonyl (C=O) groups excluding carboxylic acids is 1. The summed E-state index contributed by atoms with van der Waals surface area (Å²) in [5.74, 6) is 0.414. The van der Waals surface area contributed by atoms with Crippen molar-refractivity contribution in [3.8, 4) is 0 Å². The van der Waals surface area contributed by atoms with Crippen LogP contribution in [0.3, 0.4) is 0 Å². The molecule has 0 aliphatic heterocycles. The summed E-state index contributed by atoms with van der Waals surface area (Å²) in [5, 5.41) is 0. The van der Waals surface area contributed by atoms with Gasteiger partial charge in [-0.1, -0.05) is 40.0 Å². The average Bonchev–Trinajstić information content (AvgIpc) is 1.80. The molecular weight excluding hydrogens is 181 g/mol. The number of carbonyl (C=O) groups is 1. The Balaban J connectivity index is 0. The van der Waals surface area contributed by atoms with E-state index in [0.29, 0.717) is 0 Å². The van der Waals surface area contributed by atoms with Crippen LogP contribution in [0.5, 0.6) is 0 Å². The SMILES string of the molecule is CC(C)C(=O)[CH-]CC(C)(C)C.[Sc]. The first kappa shape index (κ1) is 14.9. The van der Waals surface area contributed by atoms with E-state index in [2.05, 4.69) is 20.8 Å². The van der Waals surface area contributed by atoms with E-state index in [4.69, 9.17) is 0 Å². The van der Waals surface area contributed by atoms with Gasteiger partial charge in [-0.05, 0) is 5.92 Å². The van der Waals surface area contributed by atoms with Crippen molar-refractivity contribution in [2.75, 3.05) is 0 Å². The summed E-state index contributed by atoms with van der Waals surface area (Å²) in [5.41, 5.74) is 0.241. The van der Waals surface area contributed by atoms with Gasteiger partial charge < -0.3 is 11.2 Å². The standard InChI is InChI=1S/C10H19O.Sc/c1-8(2)9(11)6-7-10(3,4)5;/h6,8H,7H2,1-5H3;/q-1;. The molecular formula is C10H19OSc-. The minimum Gasteiger partial charge on any atom is -0.334 e. The van der Waals surface area contributed by atoms with Gasteiger partial charge in [0.2, 0.25) is 0 Å². The van der Waals surface area contributed by atoms with Gasteiger partial charge in [0.05, 0.1) is 0 Å². The van der Waals surface area contributed by atoms with Crippen molar-refractivity contribution in [3.63, 3.8) is 0 Å². The molecule has 0 unspecified atom stereocenters. The van der Waals surface area contributed by atoms with E-state index in [1.54, 1.807) is 0 Å². The van der Waals surface area contributed by atoms with Crippen LogP contribution in [-0.2, 0) is 30.6 Å². The van der Waals surface area contributed by atoms with Crippen LogP contribution in [0.1, 0.15) is 41.0 Å². The molecule has 0 heterocycles. The molecule has 0 aliphatic carbocycles. The van der Waals surface area contributed by atoms with E-state index in [9.17, 15) is 4.79 Å². The van der Waals surface area contributed by atoms with Crippen molar-refractivity contribution in [1.29, 1.82) is 0 Å². The predicted octanol–water partition coefficient (Wildman–Crippen LogP) is 2.85. The normalized spacial score (nSPS) is 10.8. The molecule has 0 aliphatic rings. The molecule has 0 saturated heterocycles. The smallest absolute Gasteiger partial charge is 0.00140 e. The van der Waals surface area contributed by atoms with Crippen LogP contribution in [0.2, 0.25) is 0 Å². The molecule has 0 atom stereocenters. The number of rotatable bonds is 3. The molecule has 0 bridgehead atoms. The second kappa shape index (κ2) is 5.95. The zero-order valence-corrected chi connectivity index (χ0v) is 10.7. The Morgan fingerprint density at radius 3 is 2.00 bits per heavy atom. The van der Waals surface area contributed by atoms with Gasteiger partial charge in [0.1, 0.15) is 0 Å². The van der Waals surface area contributed by atoms with Crippen molar-refractivity contribution in [2.45, 2.75) is 41.0 Å². The molecule has 0 fully saturated rings. The van der Waals surface area contributed by atoms with E-state index >= 15 is 0 Å². The minimum absolute atomic E-state index is 0. The van der Waals surface area contributed by atoms with Crippen LogP contribution in [0.25, 0.3) is 0 Å². The van der Waals surface area contributed by atoms with Crippen LogP contribution < -0.4 is 0 Å². The third kappa shape index (κ3) is 8.51. The average molecular weight is 200 g/mol. The summed E-state index contributed by atoms with van der Waals surface area (Å²) in [4.78, 5) is 11.1. The molecule has 0 spiro atoms. The topological polar surface area (TPSA) is 17.1 Å². The van der Waals surface area contributed by atoms with Crippen molar-refractivity contribution in [2.24, 2.45) is 11.3 Å². The van der Waals surface area contributed by atoms with Crippen molar-refractivity contribution in [3.05, 3.63) is 6.42 Å². The summed E-state index contributed by atoms with van der Waals surface area (Å²) in [6.07, 6.45) is 2.69. The molecule has 1 radical (unpaired) electrons. The molecule has 1 nitrogen and oxygen atoms in total. The molecule has 69 valence electrons. The molecule has 0 aromatic carbocycles. The van der Waals surface area contributed by atoms with Gasteiger partial charge in [-0.25, -0.2) is 0 Å². The quantitative estimate of drug-likeness (QED) is 0.640. The summed E-state index contributed by atoms with van der Waals surface area (Å²) < 4.78 is 0. The largest absolute Gasteiger partial charge is 0.334 e. The van der Waals surface area contributed by atoms with Gasteiger partial charge in [-0.15, -0.1) is 0 Å². The van der Waals surface area contributed by atoms with E-state index in [1.807, 2.05) is 20.3 Å².